The van der Waals surface area contributed by atoms with Crippen LogP contribution in [-0.4, -0.2) is 40.0 Å². The fourth-order valence-electron chi connectivity index (χ4n) is 3.46. The molecule has 0 amide bonds. The third-order valence-electron chi connectivity index (χ3n) is 4.93. The van der Waals surface area contributed by atoms with E-state index in [-0.39, 0.29) is 6.10 Å². The molecule has 0 radical (unpaired) electrons. The third-order valence-corrected chi connectivity index (χ3v) is 5.65. The van der Waals surface area contributed by atoms with Gasteiger partial charge >= 0.3 is 0 Å². The maximum atomic E-state index is 6.15. The molecule has 0 N–H and O–H groups in total. The number of halogens is 1. The van der Waals surface area contributed by atoms with Crippen LogP contribution in [0.5, 0.6) is 17.2 Å². The Morgan fingerprint density at radius 2 is 2.03 bits per heavy atom. The lowest BCUT2D eigenvalue weighted by molar-refractivity contribution is 0.0821. The topological polar surface area (TPSA) is 53.7 Å². The number of ether oxygens (including phenoxy) is 3. The number of rotatable bonds is 6. The molecule has 0 fully saturated rings. The Kier molecular flexibility index (Phi) is 5.99. The summed E-state index contributed by atoms with van der Waals surface area (Å²) in [7, 11) is 5.54. The van der Waals surface area contributed by atoms with Crippen LogP contribution >= 0.6 is 23.8 Å². The van der Waals surface area contributed by atoms with Gasteiger partial charge in [0.15, 0.2) is 28.2 Å². The molecule has 3 aromatic rings. The zero-order chi connectivity index (χ0) is 21.3. The largest absolute Gasteiger partial charge is 0.496 e. The quantitative estimate of drug-likeness (QED) is 0.528. The van der Waals surface area contributed by atoms with Crippen LogP contribution in [0.4, 0.5) is 0 Å². The number of benzene rings is 2. The summed E-state index contributed by atoms with van der Waals surface area (Å²) < 4.78 is 21.6. The molecular weight excluding hydrogens is 424 g/mol. The van der Waals surface area contributed by atoms with Gasteiger partial charge < -0.3 is 18.8 Å². The first-order chi connectivity index (χ1) is 14.5. The van der Waals surface area contributed by atoms with Crippen molar-refractivity contribution in [3.63, 3.8) is 0 Å². The van der Waals surface area contributed by atoms with Crippen LogP contribution in [0.3, 0.4) is 0 Å². The van der Waals surface area contributed by atoms with E-state index >= 15 is 0 Å². The van der Waals surface area contributed by atoms with Gasteiger partial charge in [-0.3, -0.25) is 4.90 Å². The van der Waals surface area contributed by atoms with E-state index in [1.54, 1.807) is 11.8 Å². The number of methoxy groups -OCH3 is 1. The standard InChI is InChI=1S/C21H23ClN4O3S/c1-24(11-14-10-15(22)8-9-16(14)27-3)13-26-21(30)25(2)20(23-26)19-12-28-17-6-4-5-7-18(17)29-19/h4-10,19H,11-13H2,1-3H3. The van der Waals surface area contributed by atoms with E-state index < -0.39 is 0 Å². The molecule has 0 saturated heterocycles. The minimum atomic E-state index is -0.328. The summed E-state index contributed by atoms with van der Waals surface area (Å²) in [4.78, 5) is 2.09. The predicted molar refractivity (Wildman–Crippen MR) is 117 cm³/mol. The second kappa shape index (κ2) is 8.67. The number of nitrogens with zero attached hydrogens (tertiary/aromatic N) is 4. The Bertz CT molecular complexity index is 1110. The monoisotopic (exact) mass is 446 g/mol. The number of para-hydroxylation sites is 2. The molecule has 30 heavy (non-hydrogen) atoms. The van der Waals surface area contributed by atoms with Crippen LogP contribution < -0.4 is 14.2 Å². The Morgan fingerprint density at radius 1 is 1.27 bits per heavy atom. The summed E-state index contributed by atoms with van der Waals surface area (Å²) in [5.41, 5.74) is 0.996. The molecule has 2 heterocycles. The van der Waals surface area contributed by atoms with Gasteiger partial charge in [-0.2, -0.15) is 5.10 Å². The fraction of sp³-hybridized carbons (Fsp3) is 0.333. The van der Waals surface area contributed by atoms with Crippen LogP contribution in [0, 0.1) is 4.77 Å². The molecule has 0 spiro atoms. The average molecular weight is 447 g/mol. The predicted octanol–water partition coefficient (Wildman–Crippen LogP) is 4.22. The van der Waals surface area contributed by atoms with Crippen molar-refractivity contribution in [2.24, 2.45) is 7.05 Å². The second-order valence-corrected chi connectivity index (χ2v) is 7.98. The minimum Gasteiger partial charge on any atom is -0.496 e. The lowest BCUT2D eigenvalue weighted by Gasteiger charge is -2.25. The third kappa shape index (κ3) is 4.16. The highest BCUT2D eigenvalue weighted by Crippen LogP contribution is 2.35. The Balaban J connectivity index is 1.51. The van der Waals surface area contributed by atoms with Crippen molar-refractivity contribution >= 4 is 23.8 Å². The first kappa shape index (κ1) is 20.7. The molecule has 1 atom stereocenters. The molecule has 4 rings (SSSR count). The number of hydrogen-bond acceptors (Lipinski definition) is 6. The van der Waals surface area contributed by atoms with Crippen LogP contribution in [0.25, 0.3) is 0 Å². The maximum absolute atomic E-state index is 6.15. The first-order valence-corrected chi connectivity index (χ1v) is 10.3. The SMILES string of the molecule is COc1ccc(Cl)cc1CN(C)Cn1nc(C2COc3ccccc3O2)n(C)c1=S. The molecule has 9 heteroatoms. The summed E-state index contributed by atoms with van der Waals surface area (Å²) in [6.45, 7) is 1.52. The Labute approximate surface area is 185 Å². The lowest BCUT2D eigenvalue weighted by atomic mass is 10.2. The van der Waals surface area contributed by atoms with Gasteiger partial charge in [0.05, 0.1) is 13.8 Å². The highest BCUT2D eigenvalue weighted by Gasteiger charge is 2.27. The summed E-state index contributed by atoms with van der Waals surface area (Å²) in [5, 5.41) is 5.39. The highest BCUT2D eigenvalue weighted by atomic mass is 35.5. The van der Waals surface area contributed by atoms with Gasteiger partial charge in [0.25, 0.3) is 0 Å². The van der Waals surface area contributed by atoms with Crippen LogP contribution in [0.2, 0.25) is 5.02 Å². The molecule has 1 unspecified atom stereocenters. The summed E-state index contributed by atoms with van der Waals surface area (Å²) >= 11 is 11.8. The molecular formula is C21H23ClN4O3S. The van der Waals surface area contributed by atoms with Gasteiger partial charge in [0.2, 0.25) is 0 Å². The molecule has 1 aromatic heterocycles. The van der Waals surface area contributed by atoms with Crippen molar-refractivity contribution in [3.05, 3.63) is 63.6 Å². The van der Waals surface area contributed by atoms with Crippen LogP contribution in [0.1, 0.15) is 17.5 Å². The van der Waals surface area contributed by atoms with Crippen molar-refractivity contribution in [3.8, 4) is 17.2 Å². The van der Waals surface area contributed by atoms with Crippen LogP contribution in [0.15, 0.2) is 42.5 Å². The minimum absolute atomic E-state index is 0.328. The lowest BCUT2D eigenvalue weighted by Crippen LogP contribution is -2.25. The van der Waals surface area contributed by atoms with Crippen molar-refractivity contribution in [1.82, 2.24) is 19.2 Å². The van der Waals surface area contributed by atoms with Gasteiger partial charge in [-0.25, -0.2) is 4.68 Å². The fourth-order valence-corrected chi connectivity index (χ4v) is 3.85. The van der Waals surface area contributed by atoms with E-state index in [1.165, 1.54) is 0 Å². The summed E-state index contributed by atoms with van der Waals surface area (Å²) in [6, 6.07) is 13.2. The average Bonchev–Trinajstić information content (AvgIpc) is 3.02. The van der Waals surface area contributed by atoms with E-state index in [2.05, 4.69) is 4.90 Å². The van der Waals surface area contributed by atoms with Crippen molar-refractivity contribution < 1.29 is 14.2 Å². The van der Waals surface area contributed by atoms with Gasteiger partial charge in [0.1, 0.15) is 12.4 Å². The van der Waals surface area contributed by atoms with Gasteiger partial charge in [-0.15, -0.1) is 0 Å². The smallest absolute Gasteiger partial charge is 0.198 e. The molecule has 158 valence electrons. The zero-order valence-electron chi connectivity index (χ0n) is 17.0. The Morgan fingerprint density at radius 3 is 2.80 bits per heavy atom. The number of fused-ring (bicyclic) bond motifs is 1. The molecule has 2 aromatic carbocycles. The first-order valence-electron chi connectivity index (χ1n) is 9.49. The van der Waals surface area contributed by atoms with E-state index in [1.807, 2.05) is 61.1 Å². The van der Waals surface area contributed by atoms with E-state index in [9.17, 15) is 0 Å². The molecule has 7 nitrogen and oxygen atoms in total. The second-order valence-electron chi connectivity index (χ2n) is 7.18. The van der Waals surface area contributed by atoms with E-state index in [0.717, 1.165) is 22.9 Å². The van der Waals surface area contributed by atoms with E-state index in [0.29, 0.717) is 35.4 Å². The molecule has 1 aliphatic heterocycles. The van der Waals surface area contributed by atoms with E-state index in [4.69, 9.17) is 43.1 Å². The highest BCUT2D eigenvalue weighted by molar-refractivity contribution is 7.71. The zero-order valence-corrected chi connectivity index (χ0v) is 18.6. The van der Waals surface area contributed by atoms with Crippen molar-refractivity contribution in [2.75, 3.05) is 20.8 Å². The van der Waals surface area contributed by atoms with Crippen molar-refractivity contribution in [1.29, 1.82) is 0 Å². The summed E-state index contributed by atoms with van der Waals surface area (Å²) in [5.74, 6) is 2.97. The maximum Gasteiger partial charge on any atom is 0.198 e. The molecule has 0 bridgehead atoms. The summed E-state index contributed by atoms with van der Waals surface area (Å²) in [6.07, 6.45) is -0.328. The van der Waals surface area contributed by atoms with Gasteiger partial charge in [-0.05, 0) is 49.6 Å². The Hall–Kier alpha value is -2.55. The number of aromatic nitrogens is 3. The molecule has 0 aliphatic carbocycles. The van der Waals surface area contributed by atoms with Crippen LogP contribution in [-0.2, 0) is 20.3 Å². The van der Waals surface area contributed by atoms with Gasteiger partial charge in [0, 0.05) is 24.2 Å². The number of hydrogen-bond donors (Lipinski definition) is 0. The molecule has 0 saturated carbocycles. The van der Waals surface area contributed by atoms with Gasteiger partial charge in [-0.1, -0.05) is 23.7 Å². The molecule has 1 aliphatic rings. The van der Waals surface area contributed by atoms with Crippen molar-refractivity contribution in [2.45, 2.75) is 19.3 Å². The normalized spacial score (nSPS) is 15.4.